The van der Waals surface area contributed by atoms with Gasteiger partial charge in [0.2, 0.25) is 5.91 Å². The summed E-state index contributed by atoms with van der Waals surface area (Å²) in [5, 5.41) is 3.04. The summed E-state index contributed by atoms with van der Waals surface area (Å²) in [4.78, 5) is 29.6. The number of nitrogens with zero attached hydrogens (tertiary/aromatic N) is 2. The Morgan fingerprint density at radius 3 is 2.88 bits per heavy atom. The molecule has 0 spiro atoms. The van der Waals surface area contributed by atoms with E-state index in [1.54, 1.807) is 12.4 Å². The van der Waals surface area contributed by atoms with Crippen LogP contribution in [0.15, 0.2) is 42.7 Å². The van der Waals surface area contributed by atoms with E-state index in [2.05, 4.69) is 16.4 Å². The molecule has 1 aliphatic heterocycles. The van der Waals surface area contributed by atoms with Gasteiger partial charge in [0, 0.05) is 12.4 Å². The smallest absolute Gasteiger partial charge is 0.410 e. The van der Waals surface area contributed by atoms with E-state index in [1.165, 1.54) is 4.90 Å². The highest BCUT2D eigenvalue weighted by Gasteiger charge is 2.26. The molecule has 0 unspecified atom stereocenters. The molecular weight excluding hydrogens is 318 g/mol. The molecule has 1 aromatic carbocycles. The van der Waals surface area contributed by atoms with Crippen LogP contribution in [0, 0.1) is 13.8 Å². The molecule has 1 aliphatic rings. The molecule has 0 aliphatic carbocycles. The van der Waals surface area contributed by atoms with Crippen molar-refractivity contribution in [1.82, 2.24) is 15.2 Å². The van der Waals surface area contributed by atoms with E-state index in [-0.39, 0.29) is 18.5 Å². The quantitative estimate of drug-likeness (QED) is 0.908. The highest BCUT2D eigenvalue weighted by atomic mass is 16.6. The zero-order chi connectivity index (χ0) is 17.8. The minimum Gasteiger partial charge on any atom is -0.448 e. The van der Waals surface area contributed by atoms with Crippen LogP contribution in [0.1, 0.15) is 28.3 Å². The van der Waals surface area contributed by atoms with E-state index >= 15 is 0 Å². The first kappa shape index (κ1) is 17.0. The van der Waals surface area contributed by atoms with E-state index in [0.717, 1.165) is 22.3 Å². The fraction of sp³-hybridized carbons (Fsp3) is 0.316. The number of nitrogens with one attached hydrogen (secondary N) is 1. The third-order valence-electron chi connectivity index (χ3n) is 4.25. The van der Waals surface area contributed by atoms with Crippen LogP contribution in [0.2, 0.25) is 0 Å². The molecule has 25 heavy (non-hydrogen) atoms. The van der Waals surface area contributed by atoms with Crippen LogP contribution in [0.4, 0.5) is 4.79 Å². The van der Waals surface area contributed by atoms with Crippen molar-refractivity contribution in [3.63, 3.8) is 0 Å². The molecule has 2 heterocycles. The lowest BCUT2D eigenvalue weighted by Crippen LogP contribution is -2.39. The molecule has 130 valence electrons. The van der Waals surface area contributed by atoms with Crippen molar-refractivity contribution in [3.05, 3.63) is 65.0 Å². The second-order valence-corrected chi connectivity index (χ2v) is 6.18. The minimum absolute atomic E-state index is 0.0134. The van der Waals surface area contributed by atoms with Gasteiger partial charge in [-0.05, 0) is 36.6 Å². The van der Waals surface area contributed by atoms with Gasteiger partial charge >= 0.3 is 6.09 Å². The Labute approximate surface area is 146 Å². The molecule has 2 aromatic rings. The van der Waals surface area contributed by atoms with Gasteiger partial charge in [-0.25, -0.2) is 4.79 Å². The zero-order valence-electron chi connectivity index (χ0n) is 14.4. The summed E-state index contributed by atoms with van der Waals surface area (Å²) < 4.78 is 4.87. The van der Waals surface area contributed by atoms with Gasteiger partial charge in [-0.15, -0.1) is 0 Å². The average Bonchev–Trinajstić information content (AvgIpc) is 3.01. The van der Waals surface area contributed by atoms with Crippen LogP contribution in [-0.2, 0) is 9.53 Å². The van der Waals surface area contributed by atoms with E-state index in [0.29, 0.717) is 13.2 Å². The number of ether oxygens (including phenoxy) is 1. The topological polar surface area (TPSA) is 71.5 Å². The monoisotopic (exact) mass is 339 g/mol. The van der Waals surface area contributed by atoms with Gasteiger partial charge in [0.05, 0.1) is 12.6 Å². The summed E-state index contributed by atoms with van der Waals surface area (Å²) in [6, 6.07) is 9.61. The maximum atomic E-state index is 12.5. The minimum atomic E-state index is -0.445. The van der Waals surface area contributed by atoms with Crippen LogP contribution in [0.5, 0.6) is 0 Å². The molecule has 1 aromatic heterocycles. The second-order valence-electron chi connectivity index (χ2n) is 6.18. The summed E-state index contributed by atoms with van der Waals surface area (Å²) in [5.41, 5.74) is 4.12. The van der Waals surface area contributed by atoms with Crippen LogP contribution in [0.3, 0.4) is 0 Å². The molecule has 6 heteroatoms. The number of aryl methyl sites for hydroxylation is 2. The molecule has 2 amide bonds. The van der Waals surface area contributed by atoms with Crippen molar-refractivity contribution in [2.75, 3.05) is 19.7 Å². The first-order chi connectivity index (χ1) is 12.0. The van der Waals surface area contributed by atoms with Crippen LogP contribution < -0.4 is 5.32 Å². The Morgan fingerprint density at radius 2 is 2.20 bits per heavy atom. The lowest BCUT2D eigenvalue weighted by Gasteiger charge is -2.23. The molecule has 0 bridgehead atoms. The summed E-state index contributed by atoms with van der Waals surface area (Å²) in [6.45, 7) is 4.79. The van der Waals surface area contributed by atoms with E-state index in [9.17, 15) is 9.59 Å². The predicted octanol–water partition coefficient (Wildman–Crippen LogP) is 2.36. The maximum Gasteiger partial charge on any atom is 0.410 e. The predicted molar refractivity (Wildman–Crippen MR) is 93.1 cm³/mol. The van der Waals surface area contributed by atoms with E-state index < -0.39 is 6.09 Å². The number of pyridine rings is 1. The van der Waals surface area contributed by atoms with Crippen molar-refractivity contribution >= 4 is 12.0 Å². The number of hydrogen-bond acceptors (Lipinski definition) is 4. The molecule has 1 atom stereocenters. The first-order valence-electron chi connectivity index (χ1n) is 8.23. The summed E-state index contributed by atoms with van der Waals surface area (Å²) in [6.07, 6.45) is 3.00. The third kappa shape index (κ3) is 3.96. The van der Waals surface area contributed by atoms with E-state index in [4.69, 9.17) is 4.74 Å². The molecule has 0 radical (unpaired) electrons. The number of carbonyl (C=O) groups excluding carboxylic acids is 2. The first-order valence-corrected chi connectivity index (χ1v) is 8.23. The van der Waals surface area contributed by atoms with Crippen LogP contribution >= 0.6 is 0 Å². The number of benzene rings is 1. The Balaban J connectivity index is 1.85. The number of rotatable bonds is 5. The fourth-order valence-electron chi connectivity index (χ4n) is 2.91. The fourth-order valence-corrected chi connectivity index (χ4v) is 2.91. The van der Waals surface area contributed by atoms with Gasteiger partial charge in [-0.2, -0.15) is 0 Å². The number of aromatic nitrogens is 1. The molecule has 0 saturated carbocycles. The average molecular weight is 339 g/mol. The lowest BCUT2D eigenvalue weighted by atomic mass is 9.94. The lowest BCUT2D eigenvalue weighted by molar-refractivity contribution is -0.122. The van der Waals surface area contributed by atoms with Gasteiger partial charge in [-0.3, -0.25) is 14.7 Å². The Hall–Kier alpha value is -2.89. The van der Waals surface area contributed by atoms with Crippen molar-refractivity contribution in [3.8, 4) is 0 Å². The van der Waals surface area contributed by atoms with Crippen molar-refractivity contribution in [2.24, 2.45) is 0 Å². The highest BCUT2D eigenvalue weighted by Crippen LogP contribution is 2.25. The number of hydrogen-bond donors (Lipinski definition) is 1. The van der Waals surface area contributed by atoms with Gasteiger partial charge < -0.3 is 10.1 Å². The largest absolute Gasteiger partial charge is 0.448 e. The van der Waals surface area contributed by atoms with Gasteiger partial charge in [0.25, 0.3) is 0 Å². The highest BCUT2D eigenvalue weighted by molar-refractivity contribution is 5.83. The van der Waals surface area contributed by atoms with Crippen molar-refractivity contribution in [2.45, 2.75) is 19.9 Å². The van der Waals surface area contributed by atoms with Crippen LogP contribution in [0.25, 0.3) is 0 Å². The van der Waals surface area contributed by atoms with Crippen molar-refractivity contribution < 1.29 is 14.3 Å². The molecule has 1 N–H and O–H groups in total. The van der Waals surface area contributed by atoms with Gasteiger partial charge in [0.1, 0.15) is 13.2 Å². The summed E-state index contributed by atoms with van der Waals surface area (Å²) in [7, 11) is 0. The van der Waals surface area contributed by atoms with Gasteiger partial charge in [0.15, 0.2) is 0 Å². The van der Waals surface area contributed by atoms with E-state index in [1.807, 2.05) is 38.1 Å². The normalized spacial score (nSPS) is 15.0. The second kappa shape index (κ2) is 7.34. The molecule has 1 fully saturated rings. The Bertz CT molecular complexity index is 777. The SMILES string of the molecule is Cc1ccc(C)c([C@H](NC(=O)CN2CCOC2=O)c2cccnc2)c1. The number of cyclic esters (lactones) is 1. The maximum absolute atomic E-state index is 12.5. The Kier molecular flexibility index (Phi) is 4.97. The Morgan fingerprint density at radius 1 is 1.36 bits per heavy atom. The summed E-state index contributed by atoms with van der Waals surface area (Å²) >= 11 is 0. The zero-order valence-corrected chi connectivity index (χ0v) is 14.4. The standard InChI is InChI=1S/C19H21N3O3/c1-13-5-6-14(2)16(10-13)18(15-4-3-7-20-11-15)21-17(23)12-22-8-9-25-19(22)24/h3-7,10-11,18H,8-9,12H2,1-2H3,(H,21,23)/t18-/m1/s1. The molecular formula is C19H21N3O3. The number of carbonyl (C=O) groups is 2. The van der Waals surface area contributed by atoms with Crippen molar-refractivity contribution in [1.29, 1.82) is 0 Å². The number of amides is 2. The third-order valence-corrected chi connectivity index (χ3v) is 4.25. The molecule has 6 nitrogen and oxygen atoms in total. The molecule has 1 saturated heterocycles. The summed E-state index contributed by atoms with van der Waals surface area (Å²) in [5.74, 6) is -0.228. The van der Waals surface area contributed by atoms with Gasteiger partial charge in [-0.1, -0.05) is 29.8 Å². The van der Waals surface area contributed by atoms with Crippen LogP contribution in [-0.4, -0.2) is 41.6 Å². The molecule has 3 rings (SSSR count).